The number of allylic oxidation sites excluding steroid dienone is 8. The average molecular weight is 1140 g/mol. The Morgan fingerprint density at radius 1 is 0.247 bits per heavy atom. The van der Waals surface area contributed by atoms with Crippen LogP contribution < -0.4 is 0 Å². The summed E-state index contributed by atoms with van der Waals surface area (Å²) < 4.78 is 17.0. The Hall–Kier alpha value is -2.63. The van der Waals surface area contributed by atoms with E-state index in [1.165, 1.54) is 276 Å². The fourth-order valence-corrected chi connectivity index (χ4v) is 10.9. The van der Waals surface area contributed by atoms with E-state index in [2.05, 4.69) is 69.4 Å². The van der Waals surface area contributed by atoms with Gasteiger partial charge in [-0.15, -0.1) is 0 Å². The van der Waals surface area contributed by atoms with Gasteiger partial charge in [-0.05, 0) is 83.5 Å². The van der Waals surface area contributed by atoms with E-state index < -0.39 is 6.10 Å². The summed E-state index contributed by atoms with van der Waals surface area (Å²) in [5.74, 6) is -0.852. The number of carbonyl (C=O) groups is 3. The lowest BCUT2D eigenvalue weighted by Gasteiger charge is -2.18. The fourth-order valence-electron chi connectivity index (χ4n) is 10.9. The van der Waals surface area contributed by atoms with Crippen LogP contribution in [0.4, 0.5) is 0 Å². The van der Waals surface area contributed by atoms with Crippen molar-refractivity contribution >= 4 is 17.9 Å². The molecule has 0 aliphatic rings. The Balaban J connectivity index is 4.12. The molecular formula is C75H138O6. The van der Waals surface area contributed by atoms with E-state index in [0.29, 0.717) is 19.3 Å². The second-order valence-corrected chi connectivity index (χ2v) is 24.5. The van der Waals surface area contributed by atoms with Crippen molar-refractivity contribution in [1.82, 2.24) is 0 Å². The first-order valence-corrected chi connectivity index (χ1v) is 36.1. The minimum Gasteiger partial charge on any atom is -0.462 e. The van der Waals surface area contributed by atoms with Gasteiger partial charge in [0.2, 0.25) is 0 Å². The lowest BCUT2D eigenvalue weighted by molar-refractivity contribution is -0.167. The van der Waals surface area contributed by atoms with Crippen LogP contribution in [0.2, 0.25) is 0 Å². The summed E-state index contributed by atoms with van der Waals surface area (Å²) in [6.45, 7) is 6.66. The SMILES string of the molecule is CCCCC/C=C\C/C=C\CCCCCCCCCC(=O)OC(COC(=O)CCCCCCCCCCCCCCC)COC(=O)CCCCCCCCCCCCCCCCCCCCCCC/C=C\C/C=C\CCCCCCC. The van der Waals surface area contributed by atoms with Crippen LogP contribution in [0.25, 0.3) is 0 Å². The van der Waals surface area contributed by atoms with Crippen molar-refractivity contribution < 1.29 is 28.6 Å². The zero-order valence-corrected chi connectivity index (χ0v) is 54.6. The van der Waals surface area contributed by atoms with Crippen LogP contribution in [0.5, 0.6) is 0 Å². The molecule has 0 aromatic carbocycles. The van der Waals surface area contributed by atoms with Crippen molar-refractivity contribution in [3.63, 3.8) is 0 Å². The van der Waals surface area contributed by atoms with Crippen LogP contribution in [0, 0.1) is 0 Å². The number of hydrogen-bond donors (Lipinski definition) is 0. The van der Waals surface area contributed by atoms with E-state index in [4.69, 9.17) is 14.2 Å². The van der Waals surface area contributed by atoms with Gasteiger partial charge < -0.3 is 14.2 Å². The highest BCUT2D eigenvalue weighted by Crippen LogP contribution is 2.18. The molecule has 0 amide bonds. The summed E-state index contributed by atoms with van der Waals surface area (Å²) >= 11 is 0. The highest BCUT2D eigenvalue weighted by molar-refractivity contribution is 5.71. The third-order valence-corrected chi connectivity index (χ3v) is 16.3. The van der Waals surface area contributed by atoms with Gasteiger partial charge in [0, 0.05) is 19.3 Å². The maximum absolute atomic E-state index is 12.9. The number of carbonyl (C=O) groups excluding carboxylic acids is 3. The number of rotatable bonds is 67. The molecule has 0 aromatic rings. The maximum atomic E-state index is 12.9. The summed E-state index contributed by atoms with van der Waals surface area (Å²) in [5.41, 5.74) is 0. The van der Waals surface area contributed by atoms with Crippen molar-refractivity contribution in [3.8, 4) is 0 Å². The van der Waals surface area contributed by atoms with Gasteiger partial charge in [-0.1, -0.05) is 339 Å². The quantitative estimate of drug-likeness (QED) is 0.0261. The maximum Gasteiger partial charge on any atom is 0.306 e. The molecule has 0 N–H and O–H groups in total. The van der Waals surface area contributed by atoms with Crippen molar-refractivity contribution in [2.45, 2.75) is 399 Å². The zero-order chi connectivity index (χ0) is 58.5. The summed E-state index contributed by atoms with van der Waals surface area (Å²) in [6.07, 6.45) is 88.7. The van der Waals surface area contributed by atoms with Crippen LogP contribution in [0.1, 0.15) is 393 Å². The molecule has 0 aliphatic heterocycles. The highest BCUT2D eigenvalue weighted by atomic mass is 16.6. The van der Waals surface area contributed by atoms with Gasteiger partial charge in [0.15, 0.2) is 6.10 Å². The van der Waals surface area contributed by atoms with Crippen molar-refractivity contribution in [1.29, 1.82) is 0 Å². The molecular weight excluding hydrogens is 997 g/mol. The number of ether oxygens (including phenoxy) is 3. The van der Waals surface area contributed by atoms with Crippen LogP contribution in [-0.4, -0.2) is 37.2 Å². The normalized spacial score (nSPS) is 12.3. The van der Waals surface area contributed by atoms with Gasteiger partial charge in [0.05, 0.1) is 0 Å². The lowest BCUT2D eigenvalue weighted by Crippen LogP contribution is -2.30. The van der Waals surface area contributed by atoms with E-state index >= 15 is 0 Å². The van der Waals surface area contributed by atoms with Crippen molar-refractivity contribution in [2.24, 2.45) is 0 Å². The Labute approximate surface area is 505 Å². The molecule has 0 heterocycles. The molecule has 0 fully saturated rings. The largest absolute Gasteiger partial charge is 0.462 e. The Kier molecular flexibility index (Phi) is 67.6. The van der Waals surface area contributed by atoms with E-state index in [0.717, 1.165) is 77.0 Å². The topological polar surface area (TPSA) is 78.9 Å². The summed E-state index contributed by atoms with van der Waals surface area (Å²) in [7, 11) is 0. The van der Waals surface area contributed by atoms with Crippen LogP contribution >= 0.6 is 0 Å². The molecule has 474 valence electrons. The van der Waals surface area contributed by atoms with Gasteiger partial charge in [-0.2, -0.15) is 0 Å². The first-order valence-electron chi connectivity index (χ1n) is 36.1. The average Bonchev–Trinajstić information content (AvgIpc) is 3.46. The predicted octanol–water partition coefficient (Wildman–Crippen LogP) is 24.9. The summed E-state index contributed by atoms with van der Waals surface area (Å²) in [4.78, 5) is 38.4. The fraction of sp³-hybridized carbons (Fsp3) is 0.853. The minimum absolute atomic E-state index is 0.0706. The molecule has 6 nitrogen and oxygen atoms in total. The molecule has 0 rings (SSSR count). The van der Waals surface area contributed by atoms with E-state index in [1.54, 1.807) is 0 Å². The van der Waals surface area contributed by atoms with Gasteiger partial charge in [0.1, 0.15) is 13.2 Å². The Morgan fingerprint density at radius 3 is 0.704 bits per heavy atom. The molecule has 0 saturated carbocycles. The zero-order valence-electron chi connectivity index (χ0n) is 54.6. The third kappa shape index (κ3) is 68.0. The second kappa shape index (κ2) is 69.9. The molecule has 0 bridgehead atoms. The smallest absolute Gasteiger partial charge is 0.306 e. The number of esters is 3. The lowest BCUT2D eigenvalue weighted by atomic mass is 10.0. The molecule has 1 atom stereocenters. The standard InChI is InChI=1S/C75H138O6/c1-4-7-10-13-16-19-22-25-27-29-30-31-32-33-34-35-36-37-38-39-40-41-42-43-44-46-47-50-53-56-59-62-65-68-74(77)80-71-72(70-79-73(76)67-64-61-58-55-52-49-24-21-18-15-12-9-6-3)81-75(78)69-66-63-60-57-54-51-48-45-28-26-23-20-17-14-11-8-5-2/h17,20,22,25-26,28-30,72H,4-16,18-19,21,23-24,27,31-71H2,1-3H3/b20-17-,25-22-,28-26-,30-29-. The van der Waals surface area contributed by atoms with Gasteiger partial charge in [0.25, 0.3) is 0 Å². The van der Waals surface area contributed by atoms with Crippen LogP contribution in [0.15, 0.2) is 48.6 Å². The van der Waals surface area contributed by atoms with Gasteiger partial charge >= 0.3 is 17.9 Å². The van der Waals surface area contributed by atoms with E-state index in [-0.39, 0.29) is 31.1 Å². The van der Waals surface area contributed by atoms with Crippen LogP contribution in [0.3, 0.4) is 0 Å². The Morgan fingerprint density at radius 2 is 0.444 bits per heavy atom. The number of hydrogen-bond acceptors (Lipinski definition) is 6. The molecule has 6 heteroatoms. The molecule has 0 aromatic heterocycles. The predicted molar refractivity (Wildman–Crippen MR) is 353 cm³/mol. The van der Waals surface area contributed by atoms with E-state index in [9.17, 15) is 14.4 Å². The second-order valence-electron chi connectivity index (χ2n) is 24.5. The summed E-state index contributed by atoms with van der Waals surface area (Å²) in [5, 5.41) is 0. The number of unbranched alkanes of at least 4 members (excludes halogenated alkanes) is 48. The first kappa shape index (κ1) is 78.4. The molecule has 81 heavy (non-hydrogen) atoms. The Bertz CT molecular complexity index is 1400. The van der Waals surface area contributed by atoms with Gasteiger partial charge in [-0.3, -0.25) is 14.4 Å². The third-order valence-electron chi connectivity index (χ3n) is 16.3. The van der Waals surface area contributed by atoms with Gasteiger partial charge in [-0.25, -0.2) is 0 Å². The molecule has 0 spiro atoms. The van der Waals surface area contributed by atoms with Crippen molar-refractivity contribution in [2.75, 3.05) is 13.2 Å². The molecule has 0 radical (unpaired) electrons. The van der Waals surface area contributed by atoms with Crippen molar-refractivity contribution in [3.05, 3.63) is 48.6 Å². The van der Waals surface area contributed by atoms with Crippen LogP contribution in [-0.2, 0) is 28.6 Å². The van der Waals surface area contributed by atoms with E-state index in [1.807, 2.05) is 0 Å². The summed E-state index contributed by atoms with van der Waals surface area (Å²) in [6, 6.07) is 0. The first-order chi connectivity index (χ1) is 40.0. The highest BCUT2D eigenvalue weighted by Gasteiger charge is 2.19. The molecule has 0 saturated heterocycles. The molecule has 1 unspecified atom stereocenters. The monoisotopic (exact) mass is 1140 g/mol. The molecule has 0 aliphatic carbocycles. The minimum atomic E-state index is -0.774.